The van der Waals surface area contributed by atoms with Gasteiger partial charge in [-0.3, -0.25) is 0 Å². The Balaban J connectivity index is 2.33. The third-order valence-electron chi connectivity index (χ3n) is 2.83. The predicted octanol–water partition coefficient (Wildman–Crippen LogP) is 5.44. The van der Waals surface area contributed by atoms with Crippen LogP contribution >= 0.6 is 43.5 Å². The molecule has 0 unspecified atom stereocenters. The highest BCUT2D eigenvalue weighted by Gasteiger charge is 2.13. The zero-order valence-electron chi connectivity index (χ0n) is 11.3. The Hall–Kier alpha value is -0.450. The smallest absolute Gasteiger partial charge is 0.147 e. The van der Waals surface area contributed by atoms with E-state index in [9.17, 15) is 0 Å². The molecule has 0 aliphatic heterocycles. The van der Waals surface area contributed by atoms with Crippen LogP contribution in [0.15, 0.2) is 33.2 Å². The summed E-state index contributed by atoms with van der Waals surface area (Å²) in [5.74, 6) is 1.27. The Morgan fingerprint density at radius 1 is 1.15 bits per heavy atom. The number of hydrogen-bond acceptors (Lipinski definition) is 2. The summed E-state index contributed by atoms with van der Waals surface area (Å²) in [6.07, 6.45) is 1.55. The van der Waals surface area contributed by atoms with Crippen molar-refractivity contribution >= 4 is 43.5 Å². The van der Waals surface area contributed by atoms with Crippen LogP contribution in [0.1, 0.15) is 30.9 Å². The van der Waals surface area contributed by atoms with E-state index in [0.717, 1.165) is 32.4 Å². The fraction of sp³-hybridized carbons (Fsp3) is 0.333. The van der Waals surface area contributed by atoms with Crippen molar-refractivity contribution in [3.8, 4) is 0 Å². The van der Waals surface area contributed by atoms with Crippen LogP contribution in [0.5, 0.6) is 0 Å². The van der Waals surface area contributed by atoms with Crippen LogP contribution in [0.4, 0.5) is 0 Å². The molecule has 5 heteroatoms. The molecule has 0 fully saturated rings. The van der Waals surface area contributed by atoms with Gasteiger partial charge in [-0.2, -0.15) is 0 Å². The quantitative estimate of drug-likeness (QED) is 0.618. The number of rotatable bonds is 4. The molecule has 0 saturated heterocycles. The summed E-state index contributed by atoms with van der Waals surface area (Å²) < 4.78 is 1.87. The number of hydrogen-bond donors (Lipinski definition) is 0. The Morgan fingerprint density at radius 2 is 1.85 bits per heavy atom. The van der Waals surface area contributed by atoms with E-state index in [1.165, 1.54) is 0 Å². The maximum Gasteiger partial charge on any atom is 0.147 e. The largest absolute Gasteiger partial charge is 0.236 e. The van der Waals surface area contributed by atoms with Gasteiger partial charge in [-0.1, -0.05) is 59.6 Å². The molecule has 20 heavy (non-hydrogen) atoms. The fourth-order valence-electron chi connectivity index (χ4n) is 1.92. The van der Waals surface area contributed by atoms with Crippen molar-refractivity contribution in [3.05, 3.63) is 55.4 Å². The van der Waals surface area contributed by atoms with E-state index in [1.807, 2.05) is 18.2 Å². The first-order valence-electron chi connectivity index (χ1n) is 6.41. The highest BCUT2D eigenvalue weighted by atomic mass is 79.9. The Kier molecular flexibility index (Phi) is 5.58. The van der Waals surface area contributed by atoms with Crippen LogP contribution < -0.4 is 0 Å². The molecule has 1 heterocycles. The number of benzene rings is 1. The average Bonchev–Trinajstić information content (AvgIpc) is 2.37. The van der Waals surface area contributed by atoms with Crippen LogP contribution in [-0.4, -0.2) is 9.97 Å². The first-order chi connectivity index (χ1) is 9.47. The molecule has 0 amide bonds. The molecular formula is C15H15Br2ClN2. The van der Waals surface area contributed by atoms with E-state index in [0.29, 0.717) is 17.5 Å². The second kappa shape index (κ2) is 7.01. The zero-order chi connectivity index (χ0) is 14.7. The van der Waals surface area contributed by atoms with Crippen LogP contribution in [0.25, 0.3) is 0 Å². The summed E-state index contributed by atoms with van der Waals surface area (Å²) in [7, 11) is 0. The zero-order valence-corrected chi connectivity index (χ0v) is 15.3. The van der Waals surface area contributed by atoms with Gasteiger partial charge in [0.1, 0.15) is 11.0 Å². The van der Waals surface area contributed by atoms with Gasteiger partial charge in [0, 0.05) is 10.9 Å². The number of halogens is 3. The van der Waals surface area contributed by atoms with Crippen molar-refractivity contribution < 1.29 is 0 Å². The summed E-state index contributed by atoms with van der Waals surface area (Å²) >= 11 is 13.2. The third-order valence-corrected chi connectivity index (χ3v) is 4.94. The SMILES string of the molecule is CC(C)Cc1nc(Cc2ccccc2Br)nc(Cl)c1Br. The lowest BCUT2D eigenvalue weighted by atomic mass is 10.1. The third kappa shape index (κ3) is 4.03. The standard InChI is InChI=1S/C15H15Br2ClN2/c1-9(2)7-12-14(17)15(18)20-13(19-12)8-10-5-3-4-6-11(10)16/h3-6,9H,7-8H2,1-2H3. The highest BCUT2D eigenvalue weighted by molar-refractivity contribution is 9.10. The molecule has 2 aromatic rings. The number of nitrogens with zero attached hydrogens (tertiary/aromatic N) is 2. The van der Waals surface area contributed by atoms with Gasteiger partial charge >= 0.3 is 0 Å². The van der Waals surface area contributed by atoms with Crippen LogP contribution in [-0.2, 0) is 12.8 Å². The molecule has 0 atom stereocenters. The summed E-state index contributed by atoms with van der Waals surface area (Å²) in [6.45, 7) is 4.33. The second-order valence-corrected chi connectivity index (χ2v) is 7.06. The van der Waals surface area contributed by atoms with Gasteiger partial charge in [-0.05, 0) is 39.9 Å². The Morgan fingerprint density at radius 3 is 2.50 bits per heavy atom. The normalized spacial score (nSPS) is 11.1. The van der Waals surface area contributed by atoms with Crippen LogP contribution in [0.3, 0.4) is 0 Å². The van der Waals surface area contributed by atoms with Gasteiger partial charge in [-0.15, -0.1) is 0 Å². The van der Waals surface area contributed by atoms with E-state index in [1.54, 1.807) is 0 Å². The van der Waals surface area contributed by atoms with Crippen molar-refractivity contribution in [2.45, 2.75) is 26.7 Å². The van der Waals surface area contributed by atoms with Crippen molar-refractivity contribution in [1.29, 1.82) is 0 Å². The van der Waals surface area contributed by atoms with E-state index < -0.39 is 0 Å². The number of aromatic nitrogens is 2. The fourth-order valence-corrected chi connectivity index (χ4v) is 2.90. The van der Waals surface area contributed by atoms with E-state index in [4.69, 9.17) is 11.6 Å². The molecule has 0 aliphatic rings. The van der Waals surface area contributed by atoms with E-state index in [2.05, 4.69) is 61.7 Å². The van der Waals surface area contributed by atoms with Gasteiger partial charge in [-0.25, -0.2) is 9.97 Å². The predicted molar refractivity (Wildman–Crippen MR) is 90.2 cm³/mol. The summed E-state index contributed by atoms with van der Waals surface area (Å²) in [6, 6.07) is 8.08. The lowest BCUT2D eigenvalue weighted by Gasteiger charge is -2.10. The van der Waals surface area contributed by atoms with E-state index in [-0.39, 0.29) is 0 Å². The van der Waals surface area contributed by atoms with Gasteiger partial charge in [0.05, 0.1) is 10.2 Å². The van der Waals surface area contributed by atoms with Gasteiger partial charge in [0.15, 0.2) is 0 Å². The van der Waals surface area contributed by atoms with Crippen molar-refractivity contribution in [1.82, 2.24) is 9.97 Å². The molecule has 106 valence electrons. The lowest BCUT2D eigenvalue weighted by molar-refractivity contribution is 0.628. The minimum absolute atomic E-state index is 0.484. The second-order valence-electron chi connectivity index (χ2n) is 5.06. The van der Waals surface area contributed by atoms with Crippen LogP contribution in [0, 0.1) is 5.92 Å². The first kappa shape index (κ1) is 15.9. The van der Waals surface area contributed by atoms with Gasteiger partial charge in [0.25, 0.3) is 0 Å². The van der Waals surface area contributed by atoms with Crippen molar-refractivity contribution in [2.75, 3.05) is 0 Å². The molecule has 2 rings (SSSR count). The minimum atomic E-state index is 0.484. The monoisotopic (exact) mass is 416 g/mol. The molecule has 0 radical (unpaired) electrons. The molecule has 0 saturated carbocycles. The summed E-state index contributed by atoms with van der Waals surface area (Å²) in [4.78, 5) is 9.01. The van der Waals surface area contributed by atoms with Crippen LogP contribution in [0.2, 0.25) is 5.15 Å². The molecule has 0 bridgehead atoms. The lowest BCUT2D eigenvalue weighted by Crippen LogP contribution is -2.06. The van der Waals surface area contributed by atoms with Gasteiger partial charge < -0.3 is 0 Å². The molecular weight excluding hydrogens is 403 g/mol. The molecule has 0 N–H and O–H groups in total. The minimum Gasteiger partial charge on any atom is -0.236 e. The van der Waals surface area contributed by atoms with Crippen molar-refractivity contribution in [2.24, 2.45) is 5.92 Å². The van der Waals surface area contributed by atoms with Gasteiger partial charge in [0.2, 0.25) is 0 Å². The highest BCUT2D eigenvalue weighted by Crippen LogP contribution is 2.27. The Bertz CT molecular complexity index is 615. The molecule has 0 aliphatic carbocycles. The van der Waals surface area contributed by atoms with Crippen molar-refractivity contribution in [3.63, 3.8) is 0 Å². The maximum atomic E-state index is 6.20. The van der Waals surface area contributed by atoms with E-state index >= 15 is 0 Å². The maximum absolute atomic E-state index is 6.20. The first-order valence-corrected chi connectivity index (χ1v) is 8.38. The average molecular weight is 419 g/mol. The summed E-state index contributed by atoms with van der Waals surface area (Å²) in [5.41, 5.74) is 2.13. The molecule has 0 spiro atoms. The summed E-state index contributed by atoms with van der Waals surface area (Å²) in [5, 5.41) is 0.484. The molecule has 1 aromatic carbocycles. The topological polar surface area (TPSA) is 25.8 Å². The molecule has 1 aromatic heterocycles. The molecule has 2 nitrogen and oxygen atoms in total. The Labute approximate surface area is 141 Å².